The van der Waals surface area contributed by atoms with Crippen molar-refractivity contribution in [3.63, 3.8) is 0 Å². The second-order valence-corrected chi connectivity index (χ2v) is 4.89. The summed E-state index contributed by atoms with van der Waals surface area (Å²) in [5, 5.41) is 9.17. The van der Waals surface area contributed by atoms with Crippen molar-refractivity contribution in [2.24, 2.45) is 0 Å². The smallest absolute Gasteiger partial charge is 0.339 e. The Kier molecular flexibility index (Phi) is 7.17. The molecule has 1 rings (SSSR count). The van der Waals surface area contributed by atoms with Gasteiger partial charge in [0.25, 0.3) is 0 Å². The third-order valence-corrected chi connectivity index (χ3v) is 3.54. The average Bonchev–Trinajstić information content (AvgIpc) is 2.53. The quantitative estimate of drug-likeness (QED) is 0.431. The number of hydrogen-bond donors (Lipinski definition) is 0. The fourth-order valence-corrected chi connectivity index (χ4v) is 2.32. The van der Waals surface area contributed by atoms with E-state index in [4.69, 9.17) is 14.7 Å². The van der Waals surface area contributed by atoms with Gasteiger partial charge in [-0.3, -0.25) is 0 Å². The first-order valence-electron chi connectivity index (χ1n) is 5.98. The van der Waals surface area contributed by atoms with Gasteiger partial charge in [-0.2, -0.15) is 5.26 Å². The molecule has 0 saturated heterocycles. The van der Waals surface area contributed by atoms with Gasteiger partial charge in [0.05, 0.1) is 24.0 Å². The van der Waals surface area contributed by atoms with Crippen molar-refractivity contribution >= 4 is 17.7 Å². The van der Waals surface area contributed by atoms with Gasteiger partial charge in [-0.25, -0.2) is 18.6 Å². The van der Waals surface area contributed by atoms with Crippen molar-refractivity contribution in [1.82, 2.24) is 4.98 Å². The molecule has 9 heteroatoms. The lowest BCUT2D eigenvalue weighted by molar-refractivity contribution is -0.109. The lowest BCUT2D eigenvalue weighted by Gasteiger charge is -2.17. The molecular weight excluding hydrogens is 318 g/mol. The van der Waals surface area contributed by atoms with E-state index in [2.05, 4.69) is 9.72 Å². The fourth-order valence-electron chi connectivity index (χ4n) is 1.61. The van der Waals surface area contributed by atoms with Crippen LogP contribution in [0.4, 0.5) is 8.78 Å². The van der Waals surface area contributed by atoms with Crippen LogP contribution < -0.4 is 0 Å². The number of aromatic nitrogens is 1. The van der Waals surface area contributed by atoms with E-state index in [1.807, 2.05) is 6.07 Å². The van der Waals surface area contributed by atoms with Crippen molar-refractivity contribution in [2.75, 3.05) is 27.1 Å². The number of hydrogen-bond acceptors (Lipinski definition) is 7. The van der Waals surface area contributed by atoms with Gasteiger partial charge in [-0.1, -0.05) is 11.8 Å². The molecule has 120 valence electrons. The number of halogens is 2. The van der Waals surface area contributed by atoms with Crippen molar-refractivity contribution in [3.8, 4) is 6.07 Å². The number of nitriles is 1. The van der Waals surface area contributed by atoms with E-state index in [-0.39, 0.29) is 21.8 Å². The summed E-state index contributed by atoms with van der Waals surface area (Å²) < 4.78 is 39.4. The van der Waals surface area contributed by atoms with Crippen LogP contribution in [0.15, 0.2) is 11.1 Å². The van der Waals surface area contributed by atoms with Crippen molar-refractivity contribution in [1.29, 1.82) is 5.26 Å². The maximum atomic E-state index is 12.4. The molecule has 1 aromatic rings. The average molecular weight is 332 g/mol. The van der Waals surface area contributed by atoms with Gasteiger partial charge < -0.3 is 14.2 Å². The lowest BCUT2D eigenvalue weighted by atomic mass is 10.1. The summed E-state index contributed by atoms with van der Waals surface area (Å²) in [6.07, 6.45) is -3.55. The standard InChI is InChI=1S/C13H14F2N2O4S/c1-19-12(18)8-4-7(5-16)11(22-6-9(14)15)17-10(8)13(20-2)21-3/h4,9,13H,6H2,1-3H3. The van der Waals surface area contributed by atoms with E-state index in [1.165, 1.54) is 27.4 Å². The molecule has 0 N–H and O–H groups in total. The van der Waals surface area contributed by atoms with Crippen LogP contribution in [0.1, 0.15) is 27.9 Å². The Labute approximate surface area is 130 Å². The van der Waals surface area contributed by atoms with Gasteiger partial charge in [0.2, 0.25) is 12.7 Å². The van der Waals surface area contributed by atoms with Gasteiger partial charge >= 0.3 is 5.97 Å². The van der Waals surface area contributed by atoms with Crippen molar-refractivity contribution in [3.05, 3.63) is 22.9 Å². The summed E-state index contributed by atoms with van der Waals surface area (Å²) in [6.45, 7) is 0. The minimum Gasteiger partial charge on any atom is -0.465 e. The maximum Gasteiger partial charge on any atom is 0.339 e. The van der Waals surface area contributed by atoms with Crippen LogP contribution in [0.3, 0.4) is 0 Å². The third kappa shape index (κ3) is 4.37. The Hall–Kier alpha value is -1.76. The largest absolute Gasteiger partial charge is 0.465 e. The molecule has 0 aromatic carbocycles. The molecule has 0 spiro atoms. The van der Waals surface area contributed by atoms with Crippen LogP contribution in [0, 0.1) is 11.3 Å². The zero-order valence-electron chi connectivity index (χ0n) is 12.1. The van der Waals surface area contributed by atoms with Crippen molar-refractivity contribution in [2.45, 2.75) is 17.7 Å². The summed E-state index contributed by atoms with van der Waals surface area (Å²) >= 11 is 0.713. The predicted molar refractivity (Wildman–Crippen MR) is 73.8 cm³/mol. The lowest BCUT2D eigenvalue weighted by Crippen LogP contribution is -2.15. The number of methoxy groups -OCH3 is 3. The van der Waals surface area contributed by atoms with E-state index in [0.29, 0.717) is 11.8 Å². The molecule has 0 unspecified atom stereocenters. The Bertz CT molecular complexity index is 574. The van der Waals surface area contributed by atoms with E-state index < -0.39 is 24.4 Å². The Balaban J connectivity index is 3.39. The van der Waals surface area contributed by atoms with Gasteiger partial charge in [-0.15, -0.1) is 0 Å². The molecule has 0 aliphatic carbocycles. The molecule has 0 radical (unpaired) electrons. The molecule has 0 amide bonds. The number of rotatable bonds is 7. The SMILES string of the molecule is COC(=O)c1cc(C#N)c(SCC(F)F)nc1C(OC)OC. The second kappa shape index (κ2) is 8.63. The number of nitrogens with zero attached hydrogens (tertiary/aromatic N) is 2. The molecule has 22 heavy (non-hydrogen) atoms. The van der Waals surface area contributed by atoms with Crippen LogP contribution in [0.5, 0.6) is 0 Å². The first-order valence-corrected chi connectivity index (χ1v) is 6.96. The molecule has 0 fully saturated rings. The molecule has 1 aromatic heterocycles. The number of alkyl halides is 2. The highest BCUT2D eigenvalue weighted by Gasteiger charge is 2.24. The van der Waals surface area contributed by atoms with Crippen LogP contribution in [-0.4, -0.2) is 44.5 Å². The maximum absolute atomic E-state index is 12.4. The van der Waals surface area contributed by atoms with Crippen LogP contribution in [0.25, 0.3) is 0 Å². The fraction of sp³-hybridized carbons (Fsp3) is 0.462. The summed E-state index contributed by atoms with van der Waals surface area (Å²) in [5.74, 6) is -1.26. The highest BCUT2D eigenvalue weighted by atomic mass is 32.2. The molecule has 6 nitrogen and oxygen atoms in total. The number of pyridine rings is 1. The second-order valence-electron chi connectivity index (χ2n) is 3.88. The summed E-state index contributed by atoms with van der Waals surface area (Å²) in [4.78, 5) is 15.9. The zero-order chi connectivity index (χ0) is 16.7. The minimum absolute atomic E-state index is 0.000700. The summed E-state index contributed by atoms with van der Waals surface area (Å²) in [7, 11) is 3.84. The van der Waals surface area contributed by atoms with Crippen molar-refractivity contribution < 1.29 is 27.8 Å². The number of carbonyl (C=O) groups excluding carboxylic acids is 1. The number of thioether (sulfide) groups is 1. The third-order valence-electron chi connectivity index (χ3n) is 2.54. The van der Waals surface area contributed by atoms with E-state index in [1.54, 1.807) is 0 Å². The number of carbonyl (C=O) groups is 1. The molecule has 0 bridgehead atoms. The summed E-state index contributed by atoms with van der Waals surface area (Å²) in [5.41, 5.74) is 0.0440. The van der Waals surface area contributed by atoms with Crippen LogP contribution in [-0.2, 0) is 14.2 Å². The van der Waals surface area contributed by atoms with Crippen LogP contribution in [0.2, 0.25) is 0 Å². The van der Waals surface area contributed by atoms with Gasteiger partial charge in [0.1, 0.15) is 16.8 Å². The Morgan fingerprint density at radius 2 is 2.05 bits per heavy atom. The van der Waals surface area contributed by atoms with E-state index >= 15 is 0 Å². The van der Waals surface area contributed by atoms with Gasteiger partial charge in [0.15, 0.2) is 0 Å². The van der Waals surface area contributed by atoms with Crippen LogP contribution >= 0.6 is 11.8 Å². The normalized spacial score (nSPS) is 10.8. The zero-order valence-corrected chi connectivity index (χ0v) is 12.9. The van der Waals surface area contributed by atoms with E-state index in [0.717, 1.165) is 0 Å². The molecule has 0 aliphatic heterocycles. The number of ether oxygens (including phenoxy) is 3. The molecule has 0 saturated carbocycles. The highest BCUT2D eigenvalue weighted by Crippen LogP contribution is 2.28. The first-order chi connectivity index (χ1) is 10.5. The van der Waals surface area contributed by atoms with Gasteiger partial charge in [-0.05, 0) is 6.07 Å². The Morgan fingerprint density at radius 1 is 1.41 bits per heavy atom. The highest BCUT2D eigenvalue weighted by molar-refractivity contribution is 7.99. The monoisotopic (exact) mass is 332 g/mol. The van der Waals surface area contributed by atoms with Gasteiger partial charge in [0, 0.05) is 14.2 Å². The number of esters is 1. The van der Waals surface area contributed by atoms with E-state index in [9.17, 15) is 13.6 Å². The molecule has 0 atom stereocenters. The first kappa shape index (κ1) is 18.3. The molecule has 1 heterocycles. The topological polar surface area (TPSA) is 81.4 Å². The Morgan fingerprint density at radius 3 is 2.50 bits per heavy atom. The molecule has 0 aliphatic rings. The predicted octanol–water partition coefficient (Wildman–Crippen LogP) is 2.39. The molecular formula is C13H14F2N2O4S. The summed E-state index contributed by atoms with van der Waals surface area (Å²) in [6, 6.07) is 3.05. The minimum atomic E-state index is -2.55.